The van der Waals surface area contributed by atoms with Crippen LogP contribution in [0.4, 0.5) is 0 Å². The largest absolute Gasteiger partial charge is 0.435 e. The zero-order valence-electron chi connectivity index (χ0n) is 13.5. The first-order chi connectivity index (χ1) is 10.7. The highest BCUT2D eigenvalue weighted by molar-refractivity contribution is 5.92. The quantitative estimate of drug-likeness (QED) is 0.828. The first-order valence-corrected chi connectivity index (χ1v) is 9.02. The Hall–Kier alpha value is -1.32. The highest BCUT2D eigenvalue weighted by Crippen LogP contribution is 2.41. The third-order valence-corrected chi connectivity index (χ3v) is 5.69. The molecule has 0 unspecified atom stereocenters. The Morgan fingerprint density at radius 3 is 2.59 bits per heavy atom. The van der Waals surface area contributed by atoms with Crippen LogP contribution in [0.3, 0.4) is 0 Å². The summed E-state index contributed by atoms with van der Waals surface area (Å²) in [6.45, 7) is 2.80. The van der Waals surface area contributed by atoms with E-state index in [1.165, 1.54) is 38.5 Å². The first-order valence-electron chi connectivity index (χ1n) is 9.02. The molecule has 4 nitrogen and oxygen atoms in total. The number of nitrogens with zero attached hydrogens (tertiary/aromatic N) is 2. The second-order valence-electron chi connectivity index (χ2n) is 7.35. The highest BCUT2D eigenvalue weighted by atomic mass is 16.4. The molecule has 0 spiro atoms. The summed E-state index contributed by atoms with van der Waals surface area (Å²) >= 11 is 0. The van der Waals surface area contributed by atoms with Gasteiger partial charge in [0.25, 0.3) is 5.91 Å². The maximum atomic E-state index is 13.1. The van der Waals surface area contributed by atoms with E-state index in [0.717, 1.165) is 37.4 Å². The monoisotopic (exact) mass is 302 g/mol. The molecule has 1 saturated heterocycles. The summed E-state index contributed by atoms with van der Waals surface area (Å²) in [7, 11) is 0. The number of rotatable bonds is 2. The number of oxazole rings is 1. The molecule has 3 fully saturated rings. The van der Waals surface area contributed by atoms with Gasteiger partial charge in [0.05, 0.1) is 5.69 Å². The number of likely N-dealkylation sites (tertiary alicyclic amines) is 1. The van der Waals surface area contributed by atoms with E-state index >= 15 is 0 Å². The van der Waals surface area contributed by atoms with Gasteiger partial charge in [-0.05, 0) is 51.4 Å². The van der Waals surface area contributed by atoms with E-state index in [1.807, 2.05) is 6.92 Å². The molecule has 2 saturated carbocycles. The van der Waals surface area contributed by atoms with Crippen molar-refractivity contribution in [3.05, 3.63) is 17.3 Å². The standard InChI is InChI=1S/C18H26N2O2/c1-12-16(22-17(19-12)14-9-10-14)18(21)20-11-5-4-7-13-6-2-3-8-15(13)20/h13-15H,2-11H2,1H3/t13-,15-/m1/s1. The Bertz CT molecular complexity index is 561. The number of carbonyl (C=O) groups excluding carboxylic acids is 1. The van der Waals surface area contributed by atoms with Crippen LogP contribution in [0.2, 0.25) is 0 Å². The van der Waals surface area contributed by atoms with E-state index in [9.17, 15) is 4.79 Å². The maximum Gasteiger partial charge on any atom is 0.291 e. The summed E-state index contributed by atoms with van der Waals surface area (Å²) in [5.74, 6) is 2.55. The number of amides is 1. The maximum absolute atomic E-state index is 13.1. The van der Waals surface area contributed by atoms with Crippen molar-refractivity contribution >= 4 is 5.91 Å². The molecule has 1 aromatic heterocycles. The molecule has 1 aromatic rings. The highest BCUT2D eigenvalue weighted by Gasteiger charge is 2.37. The predicted octanol–water partition coefficient (Wildman–Crippen LogP) is 4.05. The van der Waals surface area contributed by atoms with Gasteiger partial charge in [-0.25, -0.2) is 4.98 Å². The lowest BCUT2D eigenvalue weighted by Crippen LogP contribution is -2.45. The lowest BCUT2D eigenvalue weighted by atomic mass is 9.81. The fourth-order valence-corrected chi connectivity index (χ4v) is 4.29. The number of hydrogen-bond donors (Lipinski definition) is 0. The van der Waals surface area contributed by atoms with E-state index < -0.39 is 0 Å². The van der Waals surface area contributed by atoms with Gasteiger partial charge in [-0.1, -0.05) is 19.3 Å². The molecule has 2 atom stereocenters. The van der Waals surface area contributed by atoms with Crippen LogP contribution in [0.15, 0.2) is 4.42 Å². The summed E-state index contributed by atoms with van der Waals surface area (Å²) in [5.41, 5.74) is 0.781. The van der Waals surface area contributed by atoms with Gasteiger partial charge in [0.1, 0.15) is 0 Å². The van der Waals surface area contributed by atoms with Crippen LogP contribution in [0.1, 0.15) is 85.8 Å². The Kier molecular flexibility index (Phi) is 3.71. The van der Waals surface area contributed by atoms with Gasteiger partial charge in [0, 0.05) is 18.5 Å². The van der Waals surface area contributed by atoms with Crippen LogP contribution in [0.25, 0.3) is 0 Å². The molecule has 1 aliphatic heterocycles. The van der Waals surface area contributed by atoms with Crippen molar-refractivity contribution in [3.63, 3.8) is 0 Å². The lowest BCUT2D eigenvalue weighted by Gasteiger charge is -2.37. The summed E-state index contributed by atoms with van der Waals surface area (Å²) in [6.07, 6.45) is 11.0. The van der Waals surface area contributed by atoms with Gasteiger partial charge < -0.3 is 9.32 Å². The van der Waals surface area contributed by atoms with Gasteiger partial charge >= 0.3 is 0 Å². The molecular formula is C18H26N2O2. The van der Waals surface area contributed by atoms with Crippen LogP contribution >= 0.6 is 0 Å². The Morgan fingerprint density at radius 1 is 1.09 bits per heavy atom. The van der Waals surface area contributed by atoms with Gasteiger partial charge in [-0.15, -0.1) is 0 Å². The van der Waals surface area contributed by atoms with Crippen LogP contribution < -0.4 is 0 Å². The average Bonchev–Trinajstić information content (AvgIpc) is 3.32. The van der Waals surface area contributed by atoms with Crippen LogP contribution in [0, 0.1) is 12.8 Å². The molecule has 2 aliphatic carbocycles. The summed E-state index contributed by atoms with van der Waals surface area (Å²) in [5, 5.41) is 0. The van der Waals surface area contributed by atoms with E-state index in [4.69, 9.17) is 4.42 Å². The molecule has 120 valence electrons. The zero-order valence-corrected chi connectivity index (χ0v) is 13.5. The molecule has 22 heavy (non-hydrogen) atoms. The van der Waals surface area contributed by atoms with Crippen LogP contribution in [-0.4, -0.2) is 28.4 Å². The minimum Gasteiger partial charge on any atom is -0.435 e. The Balaban J connectivity index is 1.59. The topological polar surface area (TPSA) is 46.3 Å². The minimum atomic E-state index is 0.0932. The molecule has 0 radical (unpaired) electrons. The molecule has 0 bridgehead atoms. The number of aromatic nitrogens is 1. The smallest absolute Gasteiger partial charge is 0.291 e. The first kappa shape index (κ1) is 14.3. The lowest BCUT2D eigenvalue weighted by molar-refractivity contribution is 0.0535. The van der Waals surface area contributed by atoms with Crippen molar-refractivity contribution in [2.75, 3.05) is 6.54 Å². The van der Waals surface area contributed by atoms with Crippen molar-refractivity contribution < 1.29 is 9.21 Å². The fourth-order valence-electron chi connectivity index (χ4n) is 4.29. The molecular weight excluding hydrogens is 276 g/mol. The Morgan fingerprint density at radius 2 is 1.82 bits per heavy atom. The number of aryl methyl sites for hydroxylation is 1. The van der Waals surface area contributed by atoms with E-state index in [2.05, 4.69) is 9.88 Å². The number of hydrogen-bond acceptors (Lipinski definition) is 3. The number of carbonyl (C=O) groups is 1. The SMILES string of the molecule is Cc1nc(C2CC2)oc1C(=O)N1CCCC[C@H]2CCCC[C@H]21. The second kappa shape index (κ2) is 5.71. The van der Waals surface area contributed by atoms with Crippen molar-refractivity contribution in [1.82, 2.24) is 9.88 Å². The van der Waals surface area contributed by atoms with Crippen LogP contribution in [0.5, 0.6) is 0 Å². The van der Waals surface area contributed by atoms with Crippen molar-refractivity contribution in [1.29, 1.82) is 0 Å². The van der Waals surface area contributed by atoms with Crippen molar-refractivity contribution in [2.24, 2.45) is 5.92 Å². The van der Waals surface area contributed by atoms with Gasteiger partial charge in [0.2, 0.25) is 5.76 Å². The molecule has 1 amide bonds. The third kappa shape index (κ3) is 2.57. The van der Waals surface area contributed by atoms with Crippen LogP contribution in [-0.2, 0) is 0 Å². The van der Waals surface area contributed by atoms with E-state index in [0.29, 0.717) is 23.6 Å². The number of fused-ring (bicyclic) bond motifs is 1. The average molecular weight is 302 g/mol. The second-order valence-corrected chi connectivity index (χ2v) is 7.35. The van der Waals surface area contributed by atoms with E-state index in [-0.39, 0.29) is 5.91 Å². The Labute approximate surface area is 132 Å². The third-order valence-electron chi connectivity index (χ3n) is 5.69. The molecule has 0 aromatic carbocycles. The molecule has 3 aliphatic rings. The normalized spacial score (nSPS) is 29.0. The summed E-state index contributed by atoms with van der Waals surface area (Å²) in [6, 6.07) is 0.428. The minimum absolute atomic E-state index is 0.0932. The van der Waals surface area contributed by atoms with Crippen molar-refractivity contribution in [2.45, 2.75) is 76.7 Å². The summed E-state index contributed by atoms with van der Waals surface area (Å²) in [4.78, 5) is 19.7. The van der Waals surface area contributed by atoms with Gasteiger partial charge in [-0.2, -0.15) is 0 Å². The van der Waals surface area contributed by atoms with Gasteiger partial charge in [0.15, 0.2) is 5.89 Å². The van der Waals surface area contributed by atoms with Crippen molar-refractivity contribution in [3.8, 4) is 0 Å². The van der Waals surface area contributed by atoms with Gasteiger partial charge in [-0.3, -0.25) is 4.79 Å². The van der Waals surface area contributed by atoms with E-state index in [1.54, 1.807) is 0 Å². The molecule has 2 heterocycles. The predicted molar refractivity (Wildman–Crippen MR) is 83.8 cm³/mol. The molecule has 4 heteroatoms. The summed E-state index contributed by atoms with van der Waals surface area (Å²) < 4.78 is 5.87. The fraction of sp³-hybridized carbons (Fsp3) is 0.778. The molecule has 4 rings (SSSR count). The zero-order chi connectivity index (χ0) is 15.1. The molecule has 0 N–H and O–H groups in total.